The summed E-state index contributed by atoms with van der Waals surface area (Å²) in [6.07, 6.45) is 5.95. The lowest BCUT2D eigenvalue weighted by atomic mass is 9.95. The molecule has 0 fully saturated rings. The van der Waals surface area contributed by atoms with Crippen LogP contribution in [0.3, 0.4) is 0 Å². The van der Waals surface area contributed by atoms with Crippen LogP contribution >= 0.6 is 0 Å². The fraction of sp³-hybridized carbons (Fsp3) is 0.875. The second-order valence-corrected chi connectivity index (χ2v) is 17.8. The van der Waals surface area contributed by atoms with E-state index in [4.69, 9.17) is 8.85 Å². The molecule has 1 aliphatic rings. The normalized spacial score (nSPS) is 21.6. The van der Waals surface area contributed by atoms with Crippen molar-refractivity contribution < 1.29 is 8.85 Å². The lowest BCUT2D eigenvalue weighted by molar-refractivity contribution is 0.195. The first-order valence-corrected chi connectivity index (χ1v) is 14.3. The Labute approximate surface area is 128 Å². The molecule has 0 bridgehead atoms. The topological polar surface area (TPSA) is 18.5 Å². The number of hydrogen-bond donors (Lipinski definition) is 0. The highest BCUT2D eigenvalue weighted by atomic mass is 28.4. The van der Waals surface area contributed by atoms with Crippen LogP contribution in [-0.4, -0.2) is 23.2 Å². The van der Waals surface area contributed by atoms with E-state index in [9.17, 15) is 0 Å². The largest absolute Gasteiger partial charge is 0.547 e. The van der Waals surface area contributed by atoms with Crippen LogP contribution in [0, 0.1) is 5.92 Å². The number of hydrogen-bond acceptors (Lipinski definition) is 2. The minimum absolute atomic E-state index is 0.283. The van der Waals surface area contributed by atoms with E-state index in [0.29, 0.717) is 5.92 Å². The van der Waals surface area contributed by atoms with Crippen LogP contribution in [0.15, 0.2) is 11.8 Å². The summed E-state index contributed by atoms with van der Waals surface area (Å²) in [7, 11) is -3.16. The fourth-order valence-corrected chi connectivity index (χ4v) is 4.09. The molecule has 4 heteroatoms. The Bertz CT molecular complexity index is 348. The van der Waals surface area contributed by atoms with Gasteiger partial charge < -0.3 is 8.85 Å². The van der Waals surface area contributed by atoms with E-state index in [-0.39, 0.29) is 5.04 Å². The molecular formula is C16H34O2Si2. The first-order valence-electron chi connectivity index (χ1n) is 7.95. The molecule has 2 nitrogen and oxygen atoms in total. The third kappa shape index (κ3) is 5.37. The predicted molar refractivity (Wildman–Crippen MR) is 93.0 cm³/mol. The standard InChI is InChI=1S/C16H34O2Si2/c1-16(2,3)20(7,8)17-13-14-11-9-10-12-15(14)18-19(4,5)6/h12,14H,9-11,13H2,1-8H3. The van der Waals surface area contributed by atoms with Gasteiger partial charge in [-0.05, 0) is 63.1 Å². The van der Waals surface area contributed by atoms with E-state index >= 15 is 0 Å². The van der Waals surface area contributed by atoms with Gasteiger partial charge in [0.2, 0.25) is 8.32 Å². The Morgan fingerprint density at radius 2 is 1.75 bits per heavy atom. The molecule has 0 aromatic carbocycles. The van der Waals surface area contributed by atoms with Gasteiger partial charge in [0.15, 0.2) is 8.32 Å². The highest BCUT2D eigenvalue weighted by Crippen LogP contribution is 2.38. The first kappa shape index (κ1) is 18.0. The second kappa shape index (κ2) is 6.36. The molecule has 0 saturated carbocycles. The summed E-state index contributed by atoms with van der Waals surface area (Å²) >= 11 is 0. The maximum atomic E-state index is 6.41. The molecule has 0 amide bonds. The van der Waals surface area contributed by atoms with Gasteiger partial charge in [-0.15, -0.1) is 0 Å². The molecule has 1 atom stereocenters. The zero-order chi connectivity index (χ0) is 15.6. The van der Waals surface area contributed by atoms with Gasteiger partial charge in [-0.2, -0.15) is 0 Å². The van der Waals surface area contributed by atoms with Crippen molar-refractivity contribution in [1.82, 2.24) is 0 Å². The second-order valence-electron chi connectivity index (χ2n) is 8.52. The van der Waals surface area contributed by atoms with Gasteiger partial charge in [0.25, 0.3) is 0 Å². The predicted octanol–water partition coefficient (Wildman–Crippen LogP) is 5.54. The van der Waals surface area contributed by atoms with Crippen molar-refractivity contribution in [3.8, 4) is 0 Å². The van der Waals surface area contributed by atoms with E-state index in [2.05, 4.69) is 59.6 Å². The first-order chi connectivity index (χ1) is 8.92. The summed E-state index contributed by atoms with van der Waals surface area (Å²) in [6.45, 7) is 19.2. The van der Waals surface area contributed by atoms with Gasteiger partial charge in [-0.3, -0.25) is 0 Å². The molecule has 20 heavy (non-hydrogen) atoms. The lowest BCUT2D eigenvalue weighted by Gasteiger charge is -2.38. The maximum Gasteiger partial charge on any atom is 0.241 e. The molecule has 1 rings (SSSR count). The molecule has 1 unspecified atom stereocenters. The van der Waals surface area contributed by atoms with Crippen LogP contribution in [0.25, 0.3) is 0 Å². The molecule has 0 aromatic rings. The average Bonchev–Trinajstić information content (AvgIpc) is 2.24. The van der Waals surface area contributed by atoms with Crippen molar-refractivity contribution in [3.05, 3.63) is 11.8 Å². The van der Waals surface area contributed by atoms with Gasteiger partial charge >= 0.3 is 0 Å². The third-order valence-corrected chi connectivity index (χ3v) is 9.73. The van der Waals surface area contributed by atoms with Crippen molar-refractivity contribution >= 4 is 16.6 Å². The van der Waals surface area contributed by atoms with E-state index in [0.717, 1.165) is 13.0 Å². The van der Waals surface area contributed by atoms with Crippen LogP contribution in [-0.2, 0) is 8.85 Å². The zero-order valence-electron chi connectivity index (χ0n) is 14.8. The quantitative estimate of drug-likeness (QED) is 0.620. The molecule has 0 N–H and O–H groups in total. The summed E-state index contributed by atoms with van der Waals surface area (Å²) < 4.78 is 12.7. The highest BCUT2D eigenvalue weighted by molar-refractivity contribution is 6.74. The molecule has 118 valence electrons. The third-order valence-electron chi connectivity index (χ3n) is 4.38. The van der Waals surface area contributed by atoms with E-state index < -0.39 is 16.6 Å². The van der Waals surface area contributed by atoms with Crippen molar-refractivity contribution in [2.24, 2.45) is 5.92 Å². The van der Waals surface area contributed by atoms with Crippen molar-refractivity contribution in [2.45, 2.75) is 77.8 Å². The Kier molecular flexibility index (Phi) is 5.72. The van der Waals surface area contributed by atoms with E-state index in [1.807, 2.05) is 0 Å². The monoisotopic (exact) mass is 314 g/mol. The van der Waals surface area contributed by atoms with Crippen LogP contribution < -0.4 is 0 Å². The average molecular weight is 315 g/mol. The summed E-state index contributed by atoms with van der Waals surface area (Å²) in [6, 6.07) is 0. The van der Waals surface area contributed by atoms with Crippen LogP contribution in [0.1, 0.15) is 40.0 Å². The van der Waals surface area contributed by atoms with Crippen LogP contribution in [0.5, 0.6) is 0 Å². The molecule has 1 aliphatic carbocycles. The molecule has 0 aliphatic heterocycles. The fourth-order valence-electron chi connectivity index (χ4n) is 2.09. The molecule has 0 aromatic heterocycles. The molecule has 0 saturated heterocycles. The Morgan fingerprint density at radius 1 is 1.15 bits per heavy atom. The van der Waals surface area contributed by atoms with Gasteiger partial charge in [0.1, 0.15) is 0 Å². The molecule has 0 heterocycles. The highest BCUT2D eigenvalue weighted by Gasteiger charge is 2.38. The minimum Gasteiger partial charge on any atom is -0.547 e. The number of rotatable bonds is 5. The zero-order valence-corrected chi connectivity index (χ0v) is 16.8. The van der Waals surface area contributed by atoms with Crippen LogP contribution in [0.4, 0.5) is 0 Å². The Hall–Kier alpha value is -0.0662. The van der Waals surface area contributed by atoms with E-state index in [1.165, 1.54) is 18.6 Å². The smallest absolute Gasteiger partial charge is 0.241 e. The lowest BCUT2D eigenvalue weighted by Crippen LogP contribution is -2.42. The SMILES string of the molecule is CC(C)(C)[Si](C)(C)OCC1CCCC=C1O[Si](C)(C)C. The molecule has 0 radical (unpaired) electrons. The van der Waals surface area contributed by atoms with Gasteiger partial charge in [-0.25, -0.2) is 0 Å². The van der Waals surface area contributed by atoms with Gasteiger partial charge in [0, 0.05) is 12.5 Å². The molecular weight excluding hydrogens is 280 g/mol. The summed E-state index contributed by atoms with van der Waals surface area (Å²) in [5, 5.41) is 0.283. The van der Waals surface area contributed by atoms with E-state index in [1.54, 1.807) is 0 Å². The minimum atomic E-state index is -1.65. The van der Waals surface area contributed by atoms with Gasteiger partial charge in [-0.1, -0.05) is 20.8 Å². The van der Waals surface area contributed by atoms with Gasteiger partial charge in [0.05, 0.1) is 5.76 Å². The summed E-state index contributed by atoms with van der Waals surface area (Å²) in [4.78, 5) is 0. The summed E-state index contributed by atoms with van der Waals surface area (Å²) in [5.41, 5.74) is 0. The maximum absolute atomic E-state index is 6.41. The van der Waals surface area contributed by atoms with Crippen molar-refractivity contribution in [2.75, 3.05) is 6.61 Å². The Morgan fingerprint density at radius 3 is 2.25 bits per heavy atom. The molecule has 0 spiro atoms. The van der Waals surface area contributed by atoms with Crippen molar-refractivity contribution in [1.29, 1.82) is 0 Å². The Balaban J connectivity index is 2.66. The number of allylic oxidation sites excluding steroid dienone is 1. The summed E-state index contributed by atoms with van der Waals surface area (Å²) in [5.74, 6) is 1.69. The van der Waals surface area contributed by atoms with Crippen LogP contribution in [0.2, 0.25) is 37.8 Å². The van der Waals surface area contributed by atoms with Crippen molar-refractivity contribution in [3.63, 3.8) is 0 Å².